The highest BCUT2D eigenvalue weighted by Gasteiger charge is 2.56. The number of rotatable bonds is 6. The fraction of sp³-hybridized carbons (Fsp3) is 0.172. The first-order chi connectivity index (χ1) is 19.8. The highest BCUT2D eigenvalue weighted by atomic mass is 35.5. The van der Waals surface area contributed by atoms with Crippen LogP contribution in [0.5, 0.6) is 5.75 Å². The minimum atomic E-state index is -0.777. The van der Waals surface area contributed by atoms with Gasteiger partial charge in [-0.3, -0.25) is 23.7 Å². The van der Waals surface area contributed by atoms with Crippen LogP contribution in [0.1, 0.15) is 16.4 Å². The van der Waals surface area contributed by atoms with E-state index in [1.807, 2.05) is 30.3 Å². The highest BCUT2D eigenvalue weighted by molar-refractivity contribution is 8.00. The van der Waals surface area contributed by atoms with E-state index in [-0.39, 0.29) is 28.3 Å². The van der Waals surface area contributed by atoms with Crippen LogP contribution in [-0.2, 0) is 20.9 Å². The van der Waals surface area contributed by atoms with Crippen molar-refractivity contribution in [2.75, 3.05) is 17.3 Å². The summed E-state index contributed by atoms with van der Waals surface area (Å²) in [4.78, 5) is 55.5. The minimum Gasteiger partial charge on any atom is -0.497 e. The molecule has 3 atom stereocenters. The van der Waals surface area contributed by atoms with Crippen LogP contribution in [0.4, 0.5) is 11.4 Å². The standard InChI is InChI=1S/C29H21Cl2N3O5S2/c1-39-18-10-8-17(9-11-18)34-26(36)23-22(15-5-3-2-4-6-15)25-28(40-24(23)27(34)37)33(29(38)41-25)14-21(35)32-16-7-12-19(30)20(31)13-16/h2-13,22-24H,14H2,1H3,(H,32,35)/t22-,23?,24?/m1/s1. The molecule has 2 unspecified atom stereocenters. The van der Waals surface area contributed by atoms with Crippen LogP contribution in [0, 0.1) is 5.92 Å². The van der Waals surface area contributed by atoms with E-state index in [1.54, 1.807) is 43.5 Å². The average Bonchev–Trinajstić information content (AvgIpc) is 3.41. The maximum Gasteiger partial charge on any atom is 0.308 e. The monoisotopic (exact) mass is 625 g/mol. The van der Waals surface area contributed by atoms with Gasteiger partial charge in [0.15, 0.2) is 0 Å². The van der Waals surface area contributed by atoms with E-state index in [9.17, 15) is 19.2 Å². The molecule has 6 rings (SSSR count). The van der Waals surface area contributed by atoms with E-state index in [0.29, 0.717) is 32.1 Å². The Kier molecular flexibility index (Phi) is 7.41. The van der Waals surface area contributed by atoms with Crippen LogP contribution in [0.15, 0.2) is 82.6 Å². The SMILES string of the molecule is COc1ccc(N2C(=O)C3Sc4c(sc(=O)n4CC(=O)Nc4ccc(Cl)c(Cl)c4)[C@H](c4ccccc4)C3C2=O)cc1. The molecule has 8 nitrogen and oxygen atoms in total. The molecule has 0 spiro atoms. The zero-order valence-electron chi connectivity index (χ0n) is 21.4. The number of methoxy groups -OCH3 is 1. The van der Waals surface area contributed by atoms with Gasteiger partial charge in [-0.2, -0.15) is 0 Å². The highest BCUT2D eigenvalue weighted by Crippen LogP contribution is 2.53. The number of halogens is 2. The lowest BCUT2D eigenvalue weighted by atomic mass is 9.83. The second-order valence-corrected chi connectivity index (χ2v) is 12.4. The van der Waals surface area contributed by atoms with Gasteiger partial charge in [-0.15, -0.1) is 0 Å². The summed E-state index contributed by atoms with van der Waals surface area (Å²) in [5.41, 5.74) is 1.70. The molecular weight excluding hydrogens is 605 g/mol. The van der Waals surface area contributed by atoms with Crippen LogP contribution >= 0.6 is 46.3 Å². The molecule has 1 fully saturated rings. The van der Waals surface area contributed by atoms with Gasteiger partial charge in [-0.1, -0.05) is 76.6 Å². The van der Waals surface area contributed by atoms with E-state index in [0.717, 1.165) is 28.7 Å². The number of fused-ring (bicyclic) bond motifs is 2. The molecule has 1 saturated heterocycles. The lowest BCUT2D eigenvalue weighted by molar-refractivity contribution is -0.122. The third-order valence-corrected chi connectivity index (χ3v) is 10.4. The molecule has 0 aliphatic carbocycles. The van der Waals surface area contributed by atoms with Crippen LogP contribution in [0.25, 0.3) is 0 Å². The molecule has 208 valence electrons. The Morgan fingerprint density at radius 3 is 2.37 bits per heavy atom. The number of anilines is 2. The summed E-state index contributed by atoms with van der Waals surface area (Å²) < 4.78 is 6.60. The Labute approximate surface area is 252 Å². The van der Waals surface area contributed by atoms with Crippen molar-refractivity contribution in [3.63, 3.8) is 0 Å². The molecule has 0 saturated carbocycles. The summed E-state index contributed by atoms with van der Waals surface area (Å²) in [6.45, 7) is -0.277. The maximum absolute atomic E-state index is 13.9. The summed E-state index contributed by atoms with van der Waals surface area (Å²) in [6, 6.07) is 20.8. The van der Waals surface area contributed by atoms with E-state index in [2.05, 4.69) is 5.32 Å². The molecule has 2 aliphatic rings. The molecule has 3 aromatic carbocycles. The third kappa shape index (κ3) is 4.95. The average molecular weight is 627 g/mol. The van der Waals surface area contributed by atoms with Crippen molar-refractivity contribution in [2.24, 2.45) is 5.92 Å². The van der Waals surface area contributed by atoms with Crippen molar-refractivity contribution in [3.05, 3.63) is 103 Å². The molecule has 3 heterocycles. The van der Waals surface area contributed by atoms with Crippen LogP contribution < -0.4 is 19.8 Å². The topological polar surface area (TPSA) is 97.7 Å². The van der Waals surface area contributed by atoms with Crippen molar-refractivity contribution < 1.29 is 19.1 Å². The molecule has 0 bridgehead atoms. The number of thioether (sulfide) groups is 1. The Bertz CT molecular complexity index is 1740. The molecule has 12 heteroatoms. The number of hydrogen-bond donors (Lipinski definition) is 1. The second-order valence-electron chi connectivity index (χ2n) is 9.46. The normalized spacial score (nSPS) is 19.6. The maximum atomic E-state index is 13.9. The minimum absolute atomic E-state index is 0.277. The lowest BCUT2D eigenvalue weighted by Crippen LogP contribution is -2.33. The number of ether oxygens (including phenoxy) is 1. The van der Waals surface area contributed by atoms with Gasteiger partial charge in [0, 0.05) is 16.5 Å². The van der Waals surface area contributed by atoms with Crippen molar-refractivity contribution >= 4 is 75.4 Å². The smallest absolute Gasteiger partial charge is 0.308 e. The molecule has 0 radical (unpaired) electrons. The van der Waals surface area contributed by atoms with Crippen molar-refractivity contribution in [2.45, 2.75) is 22.7 Å². The summed E-state index contributed by atoms with van der Waals surface area (Å²) in [6.07, 6.45) is 0. The predicted octanol–water partition coefficient (Wildman–Crippen LogP) is 5.66. The van der Waals surface area contributed by atoms with Gasteiger partial charge in [0.2, 0.25) is 17.7 Å². The molecule has 41 heavy (non-hydrogen) atoms. The predicted molar refractivity (Wildman–Crippen MR) is 161 cm³/mol. The number of nitrogens with one attached hydrogen (secondary N) is 1. The van der Waals surface area contributed by atoms with Crippen molar-refractivity contribution in [1.29, 1.82) is 0 Å². The number of imide groups is 1. The van der Waals surface area contributed by atoms with Crippen LogP contribution in [-0.4, -0.2) is 34.6 Å². The van der Waals surface area contributed by atoms with Gasteiger partial charge in [0.25, 0.3) is 0 Å². The van der Waals surface area contributed by atoms with Gasteiger partial charge < -0.3 is 10.1 Å². The van der Waals surface area contributed by atoms with E-state index in [4.69, 9.17) is 27.9 Å². The quantitative estimate of drug-likeness (QED) is 0.278. The summed E-state index contributed by atoms with van der Waals surface area (Å²) >= 11 is 14.2. The Balaban J connectivity index is 1.38. The Morgan fingerprint density at radius 2 is 1.68 bits per heavy atom. The molecular formula is C29H21Cl2N3O5S2. The van der Waals surface area contributed by atoms with Crippen LogP contribution in [0.2, 0.25) is 10.0 Å². The number of carbonyl (C=O) groups is 3. The largest absolute Gasteiger partial charge is 0.497 e. The summed E-state index contributed by atoms with van der Waals surface area (Å²) in [5, 5.41) is 3.11. The zero-order chi connectivity index (χ0) is 28.8. The first kappa shape index (κ1) is 27.6. The lowest BCUT2D eigenvalue weighted by Gasteiger charge is -2.30. The first-order valence-electron chi connectivity index (χ1n) is 12.5. The van der Waals surface area contributed by atoms with E-state index < -0.39 is 23.0 Å². The summed E-state index contributed by atoms with van der Waals surface area (Å²) in [7, 11) is 1.54. The number of nitrogens with zero attached hydrogens (tertiary/aromatic N) is 2. The molecule has 2 aliphatic heterocycles. The van der Waals surface area contributed by atoms with Crippen molar-refractivity contribution in [3.8, 4) is 5.75 Å². The van der Waals surface area contributed by atoms with Crippen LogP contribution in [0.3, 0.4) is 0 Å². The Morgan fingerprint density at radius 1 is 0.951 bits per heavy atom. The first-order valence-corrected chi connectivity index (χ1v) is 14.9. The number of aromatic nitrogens is 1. The second kappa shape index (κ2) is 11.0. The number of carbonyl (C=O) groups excluding carboxylic acids is 3. The third-order valence-electron chi connectivity index (χ3n) is 7.04. The number of thiazole rings is 1. The number of benzene rings is 3. The Hall–Kier alpha value is -3.57. The van der Waals surface area contributed by atoms with E-state index in [1.165, 1.54) is 15.5 Å². The fourth-order valence-electron chi connectivity index (χ4n) is 5.18. The van der Waals surface area contributed by atoms with Gasteiger partial charge in [-0.25, -0.2) is 4.90 Å². The molecule has 3 amide bonds. The van der Waals surface area contributed by atoms with Gasteiger partial charge in [0.05, 0.1) is 33.8 Å². The van der Waals surface area contributed by atoms with Gasteiger partial charge >= 0.3 is 4.87 Å². The van der Waals surface area contributed by atoms with Gasteiger partial charge in [0.1, 0.15) is 17.5 Å². The summed E-state index contributed by atoms with van der Waals surface area (Å²) in [5.74, 6) is -1.80. The number of amides is 3. The molecule has 4 aromatic rings. The van der Waals surface area contributed by atoms with Crippen molar-refractivity contribution in [1.82, 2.24) is 4.57 Å². The zero-order valence-corrected chi connectivity index (χ0v) is 24.5. The van der Waals surface area contributed by atoms with E-state index >= 15 is 0 Å². The molecule has 1 N–H and O–H groups in total. The van der Waals surface area contributed by atoms with Gasteiger partial charge in [-0.05, 0) is 48.0 Å². The fourth-order valence-corrected chi connectivity index (χ4v) is 8.25. The molecule has 1 aromatic heterocycles. The number of hydrogen-bond acceptors (Lipinski definition) is 7.